The predicted octanol–water partition coefficient (Wildman–Crippen LogP) is 2.61. The quantitative estimate of drug-likeness (QED) is 0.609. The van der Waals surface area contributed by atoms with Crippen LogP contribution in [0.3, 0.4) is 0 Å². The van der Waals surface area contributed by atoms with Gasteiger partial charge in [0.2, 0.25) is 5.91 Å². The Morgan fingerprint density at radius 3 is 2.30 bits per heavy atom. The number of esters is 1. The number of amides is 4. The molecule has 2 aromatic carbocycles. The first-order valence-electron chi connectivity index (χ1n) is 9.67. The molecule has 8 nitrogen and oxygen atoms in total. The number of hydrogen-bond donors (Lipinski definition) is 3. The average molecular weight is 409 g/mol. The van der Waals surface area contributed by atoms with Crippen LogP contribution in [-0.2, 0) is 20.9 Å². The maximum Gasteiger partial charge on any atom is 0.338 e. The summed E-state index contributed by atoms with van der Waals surface area (Å²) in [6.07, 6.45) is 0.648. The van der Waals surface area contributed by atoms with E-state index in [1.807, 2.05) is 30.3 Å². The first kappa shape index (κ1) is 21.0. The monoisotopic (exact) mass is 409 g/mol. The van der Waals surface area contributed by atoms with Gasteiger partial charge in [-0.05, 0) is 49.6 Å². The summed E-state index contributed by atoms with van der Waals surface area (Å²) >= 11 is 0. The van der Waals surface area contributed by atoms with Gasteiger partial charge < -0.3 is 15.4 Å². The first-order valence-corrected chi connectivity index (χ1v) is 9.67. The minimum absolute atomic E-state index is 0.0267. The average Bonchev–Trinajstić information content (AvgIpc) is 3.59. The molecule has 30 heavy (non-hydrogen) atoms. The molecule has 1 aliphatic carbocycles. The molecule has 3 N–H and O–H groups in total. The van der Waals surface area contributed by atoms with Crippen molar-refractivity contribution in [3.8, 4) is 0 Å². The number of benzene rings is 2. The largest absolute Gasteiger partial charge is 0.449 e. The molecule has 0 heterocycles. The lowest BCUT2D eigenvalue weighted by Crippen LogP contribution is -2.44. The molecule has 0 radical (unpaired) electrons. The van der Waals surface area contributed by atoms with E-state index in [0.717, 1.165) is 18.4 Å². The minimum atomic E-state index is -1.16. The fraction of sp³-hybridized carbons (Fsp3) is 0.273. The minimum Gasteiger partial charge on any atom is -0.449 e. The highest BCUT2D eigenvalue weighted by Crippen LogP contribution is 2.30. The van der Waals surface area contributed by atoms with Gasteiger partial charge in [-0.25, -0.2) is 9.59 Å². The third-order valence-corrected chi connectivity index (χ3v) is 4.52. The third-order valence-electron chi connectivity index (χ3n) is 4.52. The summed E-state index contributed by atoms with van der Waals surface area (Å²) in [6, 6.07) is 14.7. The Morgan fingerprint density at radius 2 is 1.67 bits per heavy atom. The molecule has 8 heteroatoms. The van der Waals surface area contributed by atoms with Gasteiger partial charge in [0.25, 0.3) is 5.91 Å². The summed E-state index contributed by atoms with van der Waals surface area (Å²) in [4.78, 5) is 47.9. The summed E-state index contributed by atoms with van der Waals surface area (Å²) in [7, 11) is 0. The molecule has 2 aromatic rings. The Hall–Kier alpha value is -3.68. The summed E-state index contributed by atoms with van der Waals surface area (Å²) in [5.74, 6) is -1.38. The van der Waals surface area contributed by atoms with E-state index in [-0.39, 0.29) is 23.9 Å². The molecule has 0 saturated heterocycles. The van der Waals surface area contributed by atoms with Crippen LogP contribution >= 0.6 is 0 Å². The Balaban J connectivity index is 1.44. The van der Waals surface area contributed by atoms with Crippen LogP contribution in [0, 0.1) is 5.92 Å². The Kier molecular flexibility index (Phi) is 6.79. The van der Waals surface area contributed by atoms with E-state index in [4.69, 9.17) is 4.74 Å². The van der Waals surface area contributed by atoms with Gasteiger partial charge in [-0.1, -0.05) is 30.3 Å². The van der Waals surface area contributed by atoms with E-state index >= 15 is 0 Å². The zero-order chi connectivity index (χ0) is 21.5. The fourth-order valence-corrected chi connectivity index (χ4v) is 2.60. The smallest absolute Gasteiger partial charge is 0.338 e. The molecule has 1 unspecified atom stereocenters. The van der Waals surface area contributed by atoms with Gasteiger partial charge in [0.05, 0.1) is 5.56 Å². The highest BCUT2D eigenvalue weighted by atomic mass is 16.5. The Labute approximate surface area is 174 Å². The molecule has 156 valence electrons. The molecule has 0 aliphatic heterocycles. The molecule has 4 amide bonds. The van der Waals surface area contributed by atoms with Gasteiger partial charge in [0.15, 0.2) is 6.10 Å². The lowest BCUT2D eigenvalue weighted by atomic mass is 10.2. The maximum atomic E-state index is 12.2. The second-order valence-corrected chi connectivity index (χ2v) is 7.05. The van der Waals surface area contributed by atoms with Crippen LogP contribution in [0.5, 0.6) is 0 Å². The summed E-state index contributed by atoms with van der Waals surface area (Å²) in [6.45, 7) is 1.64. The molecule has 0 aromatic heterocycles. The Bertz CT molecular complexity index is 924. The zero-order valence-electron chi connectivity index (χ0n) is 16.5. The Morgan fingerprint density at radius 1 is 1.00 bits per heavy atom. The van der Waals surface area contributed by atoms with Crippen molar-refractivity contribution in [2.75, 3.05) is 5.32 Å². The zero-order valence-corrected chi connectivity index (χ0v) is 16.5. The van der Waals surface area contributed by atoms with Crippen molar-refractivity contribution in [1.82, 2.24) is 10.6 Å². The van der Waals surface area contributed by atoms with Crippen LogP contribution in [0.1, 0.15) is 35.7 Å². The molecular formula is C22H23N3O5. The van der Waals surface area contributed by atoms with Crippen LogP contribution in [0.4, 0.5) is 10.5 Å². The van der Waals surface area contributed by atoms with Gasteiger partial charge >= 0.3 is 12.0 Å². The number of urea groups is 1. The molecule has 0 spiro atoms. The standard InChI is InChI=1S/C22H23N3O5/c1-14(19(26)25-22(29)23-13-15-5-3-2-4-6-15)30-21(28)17-9-11-18(12-10-17)24-20(27)16-7-8-16/h2-6,9-12,14,16H,7-8,13H2,1H3,(H,24,27)(H2,23,25,26,29). The molecule has 1 fully saturated rings. The summed E-state index contributed by atoms with van der Waals surface area (Å²) in [5.41, 5.74) is 1.70. The van der Waals surface area contributed by atoms with E-state index in [0.29, 0.717) is 5.69 Å². The molecule has 0 bridgehead atoms. The second kappa shape index (κ2) is 9.69. The van der Waals surface area contributed by atoms with Crippen LogP contribution in [-0.4, -0.2) is 29.9 Å². The second-order valence-electron chi connectivity index (χ2n) is 7.05. The highest BCUT2D eigenvalue weighted by molar-refractivity contribution is 5.99. The van der Waals surface area contributed by atoms with E-state index in [1.165, 1.54) is 19.1 Å². The van der Waals surface area contributed by atoms with E-state index in [2.05, 4.69) is 16.0 Å². The number of nitrogens with one attached hydrogen (secondary N) is 3. The number of rotatable bonds is 7. The van der Waals surface area contributed by atoms with Crippen molar-refractivity contribution >= 4 is 29.5 Å². The molecule has 3 rings (SSSR count). The van der Waals surface area contributed by atoms with Crippen molar-refractivity contribution in [2.24, 2.45) is 5.92 Å². The van der Waals surface area contributed by atoms with Crippen LogP contribution in [0.2, 0.25) is 0 Å². The van der Waals surface area contributed by atoms with Crippen molar-refractivity contribution in [2.45, 2.75) is 32.4 Å². The van der Waals surface area contributed by atoms with E-state index in [1.54, 1.807) is 12.1 Å². The number of anilines is 1. The number of imide groups is 1. The molecular weight excluding hydrogens is 386 g/mol. The van der Waals surface area contributed by atoms with Crippen molar-refractivity contribution in [1.29, 1.82) is 0 Å². The SMILES string of the molecule is CC(OC(=O)c1ccc(NC(=O)C2CC2)cc1)C(=O)NC(=O)NCc1ccccc1. The molecule has 1 saturated carbocycles. The van der Waals surface area contributed by atoms with Crippen molar-refractivity contribution in [3.05, 3.63) is 65.7 Å². The number of carbonyl (C=O) groups is 4. The lowest BCUT2D eigenvalue weighted by molar-refractivity contribution is -0.128. The molecule has 1 aliphatic rings. The van der Waals surface area contributed by atoms with Crippen LogP contribution < -0.4 is 16.0 Å². The van der Waals surface area contributed by atoms with Crippen molar-refractivity contribution in [3.63, 3.8) is 0 Å². The lowest BCUT2D eigenvalue weighted by Gasteiger charge is -2.13. The van der Waals surface area contributed by atoms with Gasteiger partial charge in [-0.15, -0.1) is 0 Å². The number of ether oxygens (including phenoxy) is 1. The fourth-order valence-electron chi connectivity index (χ4n) is 2.60. The van der Waals surface area contributed by atoms with Crippen LogP contribution in [0.15, 0.2) is 54.6 Å². The number of hydrogen-bond acceptors (Lipinski definition) is 5. The third kappa shape index (κ3) is 6.16. The number of carbonyl (C=O) groups excluding carboxylic acids is 4. The highest BCUT2D eigenvalue weighted by Gasteiger charge is 2.29. The van der Waals surface area contributed by atoms with E-state index < -0.39 is 24.0 Å². The van der Waals surface area contributed by atoms with Gasteiger partial charge in [0.1, 0.15) is 0 Å². The normalized spacial score (nSPS) is 13.6. The van der Waals surface area contributed by atoms with Gasteiger partial charge in [0, 0.05) is 18.2 Å². The summed E-state index contributed by atoms with van der Waals surface area (Å²) < 4.78 is 5.11. The van der Waals surface area contributed by atoms with Gasteiger partial charge in [-0.2, -0.15) is 0 Å². The predicted molar refractivity (Wildman–Crippen MR) is 109 cm³/mol. The topological polar surface area (TPSA) is 114 Å². The first-order chi connectivity index (χ1) is 14.4. The van der Waals surface area contributed by atoms with Crippen LogP contribution in [0.25, 0.3) is 0 Å². The van der Waals surface area contributed by atoms with E-state index in [9.17, 15) is 19.2 Å². The summed E-state index contributed by atoms with van der Waals surface area (Å²) in [5, 5.41) is 7.47. The van der Waals surface area contributed by atoms with Crippen molar-refractivity contribution < 1.29 is 23.9 Å². The molecule has 1 atom stereocenters. The van der Waals surface area contributed by atoms with Gasteiger partial charge in [-0.3, -0.25) is 14.9 Å². The maximum absolute atomic E-state index is 12.2.